The Labute approximate surface area is 149 Å². The Morgan fingerprint density at radius 2 is 1.92 bits per heavy atom. The second-order valence-electron chi connectivity index (χ2n) is 7.17. The molecule has 0 heterocycles. The van der Waals surface area contributed by atoms with Crippen molar-refractivity contribution in [3.05, 3.63) is 59.7 Å². The quantitative estimate of drug-likeness (QED) is 0.823. The second-order valence-corrected chi connectivity index (χ2v) is 8.48. The van der Waals surface area contributed by atoms with Crippen molar-refractivity contribution in [2.24, 2.45) is 0 Å². The Morgan fingerprint density at radius 3 is 2.62 bits per heavy atom. The number of phenolic OH excluding ortho intramolecular Hbond substituents is 1. The second kappa shape index (κ2) is 7.20. The Balaban J connectivity index is 1.96. The fourth-order valence-corrected chi connectivity index (χ4v) is 5.28. The molecule has 128 valence electrons. The smallest absolute Gasteiger partial charge is 0.115 e. The summed E-state index contributed by atoms with van der Waals surface area (Å²) in [6.45, 7) is 7.84. The van der Waals surface area contributed by atoms with Gasteiger partial charge in [-0.15, -0.1) is 11.8 Å². The molecule has 0 amide bonds. The summed E-state index contributed by atoms with van der Waals surface area (Å²) in [7, 11) is 0. The molecular formula is C21H27NOS. The van der Waals surface area contributed by atoms with Crippen LogP contribution in [0.4, 0.5) is 0 Å². The lowest BCUT2D eigenvalue weighted by molar-refractivity contribution is 0.310. The largest absolute Gasteiger partial charge is 0.508 e. The SMILES string of the molecule is CCCN[C@@H]1[C@@H](Sc2ccccc2)Cc2ccc(O)cc2C1(C)C. The van der Waals surface area contributed by atoms with Crippen LogP contribution in [-0.2, 0) is 11.8 Å². The maximum Gasteiger partial charge on any atom is 0.115 e. The maximum absolute atomic E-state index is 9.96. The fraction of sp³-hybridized carbons (Fsp3) is 0.429. The normalized spacial score (nSPS) is 22.1. The number of hydrogen-bond donors (Lipinski definition) is 2. The molecule has 0 bridgehead atoms. The average molecular weight is 342 g/mol. The molecule has 0 aliphatic heterocycles. The van der Waals surface area contributed by atoms with Gasteiger partial charge >= 0.3 is 0 Å². The van der Waals surface area contributed by atoms with E-state index in [1.54, 1.807) is 0 Å². The molecular weight excluding hydrogens is 314 g/mol. The molecule has 3 rings (SSSR count). The number of nitrogens with one attached hydrogen (secondary N) is 1. The molecule has 24 heavy (non-hydrogen) atoms. The Kier molecular flexibility index (Phi) is 5.21. The van der Waals surface area contributed by atoms with Crippen LogP contribution >= 0.6 is 11.8 Å². The first-order chi connectivity index (χ1) is 11.5. The van der Waals surface area contributed by atoms with Crippen molar-refractivity contribution in [3.8, 4) is 5.75 Å². The number of hydrogen-bond acceptors (Lipinski definition) is 3. The van der Waals surface area contributed by atoms with Crippen LogP contribution in [0.15, 0.2) is 53.4 Å². The van der Waals surface area contributed by atoms with Crippen molar-refractivity contribution in [1.82, 2.24) is 5.32 Å². The number of phenols is 1. The third kappa shape index (κ3) is 3.47. The minimum absolute atomic E-state index is 0.0199. The molecule has 0 saturated carbocycles. The van der Waals surface area contributed by atoms with Gasteiger partial charge in [-0.2, -0.15) is 0 Å². The fourth-order valence-electron chi connectivity index (χ4n) is 3.78. The van der Waals surface area contributed by atoms with Crippen LogP contribution in [0.5, 0.6) is 5.75 Å². The van der Waals surface area contributed by atoms with Crippen molar-refractivity contribution in [1.29, 1.82) is 0 Å². The molecule has 2 aromatic rings. The molecule has 0 saturated heterocycles. The summed E-state index contributed by atoms with van der Waals surface area (Å²) >= 11 is 1.97. The monoisotopic (exact) mass is 341 g/mol. The number of aromatic hydroxyl groups is 1. The van der Waals surface area contributed by atoms with Gasteiger partial charge in [-0.1, -0.05) is 45.0 Å². The van der Waals surface area contributed by atoms with Crippen LogP contribution < -0.4 is 5.32 Å². The molecule has 2 nitrogen and oxygen atoms in total. The number of rotatable bonds is 5. The highest BCUT2D eigenvalue weighted by atomic mass is 32.2. The zero-order valence-electron chi connectivity index (χ0n) is 14.8. The molecule has 0 radical (unpaired) electrons. The van der Waals surface area contributed by atoms with Gasteiger partial charge in [0.05, 0.1) is 0 Å². The van der Waals surface area contributed by atoms with Gasteiger partial charge in [-0.05, 0) is 54.8 Å². The van der Waals surface area contributed by atoms with Gasteiger partial charge in [0.15, 0.2) is 0 Å². The molecule has 0 unspecified atom stereocenters. The van der Waals surface area contributed by atoms with Gasteiger partial charge in [-0.25, -0.2) is 0 Å². The van der Waals surface area contributed by atoms with Crippen molar-refractivity contribution in [2.75, 3.05) is 6.54 Å². The Bertz CT molecular complexity index is 683. The third-order valence-corrected chi connectivity index (χ3v) is 6.29. The summed E-state index contributed by atoms with van der Waals surface area (Å²) in [4.78, 5) is 1.32. The van der Waals surface area contributed by atoms with E-state index in [4.69, 9.17) is 0 Å². The minimum atomic E-state index is -0.0199. The summed E-state index contributed by atoms with van der Waals surface area (Å²) in [5.41, 5.74) is 2.62. The Hall–Kier alpha value is -1.45. The molecule has 0 spiro atoms. The lowest BCUT2D eigenvalue weighted by atomic mass is 9.69. The van der Waals surface area contributed by atoms with E-state index in [9.17, 15) is 5.11 Å². The van der Waals surface area contributed by atoms with E-state index >= 15 is 0 Å². The molecule has 2 aromatic carbocycles. The summed E-state index contributed by atoms with van der Waals surface area (Å²) in [5, 5.41) is 14.2. The van der Waals surface area contributed by atoms with Crippen LogP contribution in [0.25, 0.3) is 0 Å². The molecule has 1 aliphatic carbocycles. The maximum atomic E-state index is 9.96. The van der Waals surface area contributed by atoms with E-state index in [0.717, 1.165) is 19.4 Å². The van der Waals surface area contributed by atoms with Gasteiger partial charge in [-0.3, -0.25) is 0 Å². The number of thioether (sulfide) groups is 1. The lowest BCUT2D eigenvalue weighted by Crippen LogP contribution is -2.55. The van der Waals surface area contributed by atoms with Gasteiger partial charge in [0.1, 0.15) is 5.75 Å². The zero-order valence-corrected chi connectivity index (χ0v) is 15.6. The zero-order chi connectivity index (χ0) is 17.2. The van der Waals surface area contributed by atoms with Gasteiger partial charge < -0.3 is 10.4 Å². The molecule has 1 aliphatic rings. The van der Waals surface area contributed by atoms with E-state index in [0.29, 0.717) is 17.0 Å². The van der Waals surface area contributed by atoms with Crippen molar-refractivity contribution >= 4 is 11.8 Å². The Morgan fingerprint density at radius 1 is 1.17 bits per heavy atom. The topological polar surface area (TPSA) is 32.3 Å². The van der Waals surface area contributed by atoms with Crippen LogP contribution in [0.3, 0.4) is 0 Å². The first-order valence-corrected chi connectivity index (χ1v) is 9.67. The highest BCUT2D eigenvalue weighted by molar-refractivity contribution is 8.00. The van der Waals surface area contributed by atoms with Crippen molar-refractivity contribution in [3.63, 3.8) is 0 Å². The minimum Gasteiger partial charge on any atom is -0.508 e. The van der Waals surface area contributed by atoms with E-state index in [1.807, 2.05) is 23.9 Å². The molecule has 0 fully saturated rings. The summed E-state index contributed by atoms with van der Waals surface area (Å²) in [6, 6.07) is 16.9. The van der Waals surface area contributed by atoms with Crippen molar-refractivity contribution < 1.29 is 5.11 Å². The third-order valence-electron chi connectivity index (χ3n) is 5.00. The average Bonchev–Trinajstić information content (AvgIpc) is 2.56. The van der Waals surface area contributed by atoms with Crippen LogP contribution in [0.1, 0.15) is 38.3 Å². The van der Waals surface area contributed by atoms with E-state index in [2.05, 4.69) is 62.5 Å². The van der Waals surface area contributed by atoms with Crippen LogP contribution in [-0.4, -0.2) is 22.9 Å². The highest BCUT2D eigenvalue weighted by Crippen LogP contribution is 2.44. The van der Waals surface area contributed by atoms with Crippen molar-refractivity contribution in [2.45, 2.75) is 55.2 Å². The predicted molar refractivity (Wildman–Crippen MR) is 103 cm³/mol. The van der Waals surface area contributed by atoms with E-state index < -0.39 is 0 Å². The molecule has 3 heteroatoms. The first-order valence-electron chi connectivity index (χ1n) is 8.80. The van der Waals surface area contributed by atoms with Crippen LogP contribution in [0, 0.1) is 0 Å². The standard InChI is InChI=1S/C21H27NOS/c1-4-12-22-20-19(24-17-8-6-5-7-9-17)13-15-10-11-16(23)14-18(15)21(20,2)3/h5-11,14,19-20,22-23H,4,12-13H2,1-3H3/t19-,20+/m0/s1. The summed E-state index contributed by atoms with van der Waals surface area (Å²) in [5.74, 6) is 0.366. The van der Waals surface area contributed by atoms with Crippen LogP contribution in [0.2, 0.25) is 0 Å². The molecule has 2 atom stereocenters. The van der Waals surface area contributed by atoms with Gasteiger partial charge in [0, 0.05) is 21.6 Å². The summed E-state index contributed by atoms with van der Waals surface area (Å²) < 4.78 is 0. The first kappa shape index (κ1) is 17.4. The molecule has 2 N–H and O–H groups in total. The van der Waals surface area contributed by atoms with Gasteiger partial charge in [0.25, 0.3) is 0 Å². The number of fused-ring (bicyclic) bond motifs is 1. The summed E-state index contributed by atoms with van der Waals surface area (Å²) in [6.07, 6.45) is 2.15. The lowest BCUT2D eigenvalue weighted by Gasteiger charge is -2.45. The molecule has 0 aromatic heterocycles. The number of benzene rings is 2. The highest BCUT2D eigenvalue weighted by Gasteiger charge is 2.42. The van der Waals surface area contributed by atoms with E-state index in [1.165, 1.54) is 16.0 Å². The van der Waals surface area contributed by atoms with Gasteiger partial charge in [0.2, 0.25) is 0 Å². The van der Waals surface area contributed by atoms with E-state index in [-0.39, 0.29) is 5.41 Å². The predicted octanol–water partition coefficient (Wildman–Crippen LogP) is 4.76.